The largest absolute Gasteiger partial charge is 0.380 e. The van der Waals surface area contributed by atoms with Crippen molar-refractivity contribution in [3.8, 4) is 0 Å². The Hall–Kier alpha value is -0.800. The number of nitrogens with zero attached hydrogens (tertiary/aromatic N) is 1. The van der Waals surface area contributed by atoms with E-state index in [9.17, 15) is 0 Å². The molecule has 3 heteroatoms. The maximum atomic E-state index is 5.63. The maximum absolute atomic E-state index is 5.63. The molecule has 0 saturated carbocycles. The van der Waals surface area contributed by atoms with Gasteiger partial charge in [0, 0.05) is 31.6 Å². The predicted octanol–water partition coefficient (Wildman–Crippen LogP) is 3.22. The minimum Gasteiger partial charge on any atom is -0.380 e. The summed E-state index contributed by atoms with van der Waals surface area (Å²) in [5.74, 6) is 0.726. The third-order valence-electron chi connectivity index (χ3n) is 3.12. The highest BCUT2D eigenvalue weighted by Crippen LogP contribution is 2.12. The predicted molar refractivity (Wildman–Crippen MR) is 76.8 cm³/mol. The summed E-state index contributed by atoms with van der Waals surface area (Å²) in [7, 11) is 0. The summed E-state index contributed by atoms with van der Waals surface area (Å²) in [6.45, 7) is 12.4. The van der Waals surface area contributed by atoms with Crippen molar-refractivity contribution in [2.24, 2.45) is 5.92 Å². The zero-order chi connectivity index (χ0) is 13.4. The molecule has 3 nitrogen and oxygen atoms in total. The van der Waals surface area contributed by atoms with Crippen molar-refractivity contribution in [2.75, 3.05) is 19.8 Å². The molecule has 1 N–H and O–H groups in total. The number of nitrogens with one attached hydrogen (secondary N) is 1. The van der Waals surface area contributed by atoms with Crippen LogP contribution in [0.3, 0.4) is 0 Å². The average Bonchev–Trinajstić information content (AvgIpc) is 2.77. The topological polar surface area (TPSA) is 26.2 Å². The fourth-order valence-electron chi connectivity index (χ4n) is 1.87. The van der Waals surface area contributed by atoms with E-state index in [0.29, 0.717) is 6.04 Å². The molecule has 0 bridgehead atoms. The fourth-order valence-corrected chi connectivity index (χ4v) is 1.87. The van der Waals surface area contributed by atoms with Gasteiger partial charge in [-0.05, 0) is 37.4 Å². The van der Waals surface area contributed by atoms with E-state index >= 15 is 0 Å². The van der Waals surface area contributed by atoms with E-state index < -0.39 is 0 Å². The summed E-state index contributed by atoms with van der Waals surface area (Å²) in [4.78, 5) is 0. The van der Waals surface area contributed by atoms with Crippen molar-refractivity contribution >= 4 is 0 Å². The summed E-state index contributed by atoms with van der Waals surface area (Å²) in [5, 5.41) is 3.42. The van der Waals surface area contributed by atoms with Crippen LogP contribution in [0, 0.1) is 5.92 Å². The van der Waals surface area contributed by atoms with Crippen LogP contribution in [-0.4, -0.2) is 24.3 Å². The van der Waals surface area contributed by atoms with E-state index in [1.165, 1.54) is 5.56 Å². The van der Waals surface area contributed by atoms with Crippen molar-refractivity contribution in [3.63, 3.8) is 0 Å². The van der Waals surface area contributed by atoms with Crippen molar-refractivity contribution in [2.45, 2.75) is 46.7 Å². The summed E-state index contributed by atoms with van der Waals surface area (Å²) in [6, 6.07) is 2.61. The lowest BCUT2D eigenvalue weighted by molar-refractivity contribution is 0.116. The Morgan fingerprint density at radius 2 is 2.06 bits per heavy atom. The van der Waals surface area contributed by atoms with Gasteiger partial charge in [-0.3, -0.25) is 0 Å². The van der Waals surface area contributed by atoms with Gasteiger partial charge in [0.15, 0.2) is 0 Å². The van der Waals surface area contributed by atoms with Crippen molar-refractivity contribution < 1.29 is 4.74 Å². The second-order valence-corrected chi connectivity index (χ2v) is 5.26. The smallest absolute Gasteiger partial charge is 0.0645 e. The first-order chi connectivity index (χ1) is 8.63. The van der Waals surface area contributed by atoms with E-state index in [2.05, 4.69) is 56.0 Å². The van der Waals surface area contributed by atoms with Crippen LogP contribution >= 0.6 is 0 Å². The van der Waals surface area contributed by atoms with Crippen LogP contribution in [0.4, 0.5) is 0 Å². The summed E-state index contributed by atoms with van der Waals surface area (Å²) in [6.07, 6.45) is 5.49. The molecule has 1 atom stereocenters. The Balaban J connectivity index is 2.23. The molecule has 0 amide bonds. The van der Waals surface area contributed by atoms with Crippen LogP contribution in [0.25, 0.3) is 0 Å². The number of hydrogen-bond acceptors (Lipinski definition) is 2. The molecular weight excluding hydrogens is 224 g/mol. The fraction of sp³-hybridized carbons (Fsp3) is 0.733. The summed E-state index contributed by atoms with van der Waals surface area (Å²) in [5.41, 5.74) is 1.35. The first-order valence-corrected chi connectivity index (χ1v) is 7.10. The maximum Gasteiger partial charge on any atom is 0.0645 e. The third kappa shape index (κ3) is 5.69. The number of aromatic nitrogens is 1. The second kappa shape index (κ2) is 8.33. The highest BCUT2D eigenvalue weighted by Gasteiger charge is 2.04. The normalized spacial score (nSPS) is 13.2. The van der Waals surface area contributed by atoms with Gasteiger partial charge in [0.1, 0.15) is 0 Å². The van der Waals surface area contributed by atoms with E-state index in [1.807, 2.05) is 0 Å². The number of rotatable bonds is 9. The van der Waals surface area contributed by atoms with Crippen LogP contribution in [0.1, 0.15) is 45.7 Å². The van der Waals surface area contributed by atoms with Gasteiger partial charge < -0.3 is 14.6 Å². The molecule has 0 radical (unpaired) electrons. The van der Waals surface area contributed by atoms with Crippen LogP contribution in [0.15, 0.2) is 18.5 Å². The van der Waals surface area contributed by atoms with Gasteiger partial charge in [-0.2, -0.15) is 0 Å². The molecule has 1 heterocycles. The third-order valence-corrected chi connectivity index (χ3v) is 3.12. The van der Waals surface area contributed by atoms with Gasteiger partial charge in [-0.15, -0.1) is 0 Å². The average molecular weight is 252 g/mol. The van der Waals surface area contributed by atoms with E-state index in [-0.39, 0.29) is 0 Å². The Bertz CT molecular complexity index is 320. The van der Waals surface area contributed by atoms with Gasteiger partial charge >= 0.3 is 0 Å². The second-order valence-electron chi connectivity index (χ2n) is 5.26. The van der Waals surface area contributed by atoms with Crippen molar-refractivity contribution in [3.05, 3.63) is 24.0 Å². The molecule has 0 aliphatic heterocycles. The first-order valence-electron chi connectivity index (χ1n) is 7.10. The standard InChI is InChI=1S/C15H28N2O/c1-5-16-14(4)15-6-8-17(12-15)9-11-18-10-7-13(2)3/h6,8,12-14,16H,5,7,9-11H2,1-4H3. The van der Waals surface area contributed by atoms with Gasteiger partial charge in [-0.25, -0.2) is 0 Å². The monoisotopic (exact) mass is 252 g/mol. The van der Waals surface area contributed by atoms with Crippen LogP contribution in [0.2, 0.25) is 0 Å². The highest BCUT2D eigenvalue weighted by atomic mass is 16.5. The highest BCUT2D eigenvalue weighted by molar-refractivity contribution is 5.14. The minimum atomic E-state index is 0.429. The van der Waals surface area contributed by atoms with E-state index in [4.69, 9.17) is 4.74 Å². The van der Waals surface area contributed by atoms with E-state index in [1.54, 1.807) is 0 Å². The van der Waals surface area contributed by atoms with Crippen molar-refractivity contribution in [1.82, 2.24) is 9.88 Å². The summed E-state index contributed by atoms with van der Waals surface area (Å²) >= 11 is 0. The zero-order valence-corrected chi connectivity index (χ0v) is 12.3. The molecule has 0 aromatic carbocycles. The molecule has 0 aliphatic rings. The number of hydrogen-bond donors (Lipinski definition) is 1. The van der Waals surface area contributed by atoms with Gasteiger partial charge in [0.2, 0.25) is 0 Å². The van der Waals surface area contributed by atoms with Crippen LogP contribution in [-0.2, 0) is 11.3 Å². The molecule has 104 valence electrons. The molecule has 0 aliphatic carbocycles. The molecule has 1 aromatic rings. The molecule has 1 rings (SSSR count). The molecule has 1 unspecified atom stereocenters. The lowest BCUT2D eigenvalue weighted by Crippen LogP contribution is -2.17. The Kier molecular flexibility index (Phi) is 7.06. The Morgan fingerprint density at radius 3 is 2.72 bits per heavy atom. The molecule has 0 saturated heterocycles. The summed E-state index contributed by atoms with van der Waals surface area (Å²) < 4.78 is 7.84. The molecular formula is C15H28N2O. The van der Waals surface area contributed by atoms with Gasteiger partial charge in [-0.1, -0.05) is 20.8 Å². The van der Waals surface area contributed by atoms with Crippen molar-refractivity contribution in [1.29, 1.82) is 0 Å². The zero-order valence-electron chi connectivity index (χ0n) is 12.3. The quantitative estimate of drug-likeness (QED) is 0.683. The molecule has 0 spiro atoms. The lowest BCUT2D eigenvalue weighted by atomic mass is 10.1. The molecule has 0 fully saturated rings. The SMILES string of the molecule is CCNC(C)c1ccn(CCOCCC(C)C)c1. The van der Waals surface area contributed by atoms with Gasteiger partial charge in [0.05, 0.1) is 6.61 Å². The van der Waals surface area contributed by atoms with Crippen LogP contribution in [0.5, 0.6) is 0 Å². The van der Waals surface area contributed by atoms with Gasteiger partial charge in [0.25, 0.3) is 0 Å². The first kappa shape index (κ1) is 15.3. The Labute approximate surface area is 112 Å². The Morgan fingerprint density at radius 1 is 1.28 bits per heavy atom. The van der Waals surface area contributed by atoms with Crippen LogP contribution < -0.4 is 5.32 Å². The minimum absolute atomic E-state index is 0.429. The number of ether oxygens (including phenoxy) is 1. The molecule has 1 aromatic heterocycles. The lowest BCUT2D eigenvalue weighted by Gasteiger charge is -2.10. The molecule has 18 heavy (non-hydrogen) atoms. The van der Waals surface area contributed by atoms with E-state index in [0.717, 1.165) is 38.6 Å².